The highest BCUT2D eigenvalue weighted by Crippen LogP contribution is 2.40. The Labute approximate surface area is 93.5 Å². The number of nitrogen functional groups attached to an aromatic ring is 1. The van der Waals surface area contributed by atoms with Gasteiger partial charge in [0.05, 0.1) is 5.56 Å². The number of phenolic OH excluding ortho intramolecular Hbond substituents is 1. The van der Waals surface area contributed by atoms with Crippen molar-refractivity contribution in [1.82, 2.24) is 4.98 Å². The van der Waals surface area contributed by atoms with Crippen molar-refractivity contribution in [3.8, 4) is 17.0 Å². The fraction of sp³-hybridized carbons (Fsp3) is 0.100. The lowest BCUT2D eigenvalue weighted by Crippen LogP contribution is -2.05. The average Bonchev–Trinajstić information content (AvgIpc) is 2.63. The van der Waals surface area contributed by atoms with Crippen LogP contribution in [0.25, 0.3) is 11.3 Å². The second kappa shape index (κ2) is 3.69. The van der Waals surface area contributed by atoms with Crippen molar-refractivity contribution < 1.29 is 22.7 Å². The topological polar surface area (TPSA) is 72.3 Å². The molecule has 7 heteroatoms. The van der Waals surface area contributed by atoms with E-state index < -0.39 is 17.5 Å². The van der Waals surface area contributed by atoms with Crippen LogP contribution in [0.1, 0.15) is 5.56 Å². The molecule has 2 aromatic rings. The fourth-order valence-corrected chi connectivity index (χ4v) is 1.39. The quantitative estimate of drug-likeness (QED) is 0.808. The number of hydrogen-bond acceptors (Lipinski definition) is 4. The Hall–Kier alpha value is -2.18. The van der Waals surface area contributed by atoms with Crippen LogP contribution < -0.4 is 5.73 Å². The number of nitrogens with zero attached hydrogens (tertiary/aromatic N) is 1. The van der Waals surface area contributed by atoms with E-state index in [0.717, 1.165) is 12.3 Å². The van der Waals surface area contributed by atoms with Crippen molar-refractivity contribution in [2.45, 2.75) is 6.18 Å². The zero-order valence-electron chi connectivity index (χ0n) is 8.32. The zero-order chi connectivity index (χ0) is 12.6. The molecule has 1 aromatic heterocycles. The van der Waals surface area contributed by atoms with E-state index in [2.05, 4.69) is 9.40 Å². The summed E-state index contributed by atoms with van der Waals surface area (Å²) in [6.07, 6.45) is -3.56. The summed E-state index contributed by atoms with van der Waals surface area (Å²) in [5.41, 5.74) is 4.04. The van der Waals surface area contributed by atoms with Crippen molar-refractivity contribution in [3.63, 3.8) is 0 Å². The number of anilines is 1. The standard InChI is InChI=1S/C10H7F3N2O2/c11-10(12,13)6-3-1-2-5(8(6)16)7-4-17-9(14)15-7/h1-4,16H,(H2,14,15). The maximum atomic E-state index is 12.5. The van der Waals surface area contributed by atoms with Gasteiger partial charge in [-0.3, -0.25) is 0 Å². The van der Waals surface area contributed by atoms with Crippen LogP contribution in [0.5, 0.6) is 5.75 Å². The number of phenols is 1. The molecule has 0 saturated carbocycles. The van der Waals surface area contributed by atoms with Gasteiger partial charge < -0.3 is 15.3 Å². The Kier molecular flexibility index (Phi) is 2.45. The van der Waals surface area contributed by atoms with Gasteiger partial charge in [0.2, 0.25) is 0 Å². The third kappa shape index (κ3) is 2.03. The molecule has 0 amide bonds. The number of aromatic nitrogens is 1. The maximum Gasteiger partial charge on any atom is 0.419 e. The maximum absolute atomic E-state index is 12.5. The molecule has 0 aliphatic heterocycles. The number of para-hydroxylation sites is 1. The van der Waals surface area contributed by atoms with Gasteiger partial charge in [-0.05, 0) is 12.1 Å². The van der Waals surface area contributed by atoms with Gasteiger partial charge in [0, 0.05) is 5.56 Å². The molecule has 0 aliphatic carbocycles. The summed E-state index contributed by atoms with van der Waals surface area (Å²) in [6.45, 7) is 0. The van der Waals surface area contributed by atoms with Crippen LogP contribution in [-0.4, -0.2) is 10.1 Å². The molecule has 2 rings (SSSR count). The summed E-state index contributed by atoms with van der Waals surface area (Å²) in [7, 11) is 0. The SMILES string of the molecule is Nc1nc(-c2cccc(C(F)(F)F)c2O)co1. The smallest absolute Gasteiger partial charge is 0.419 e. The monoisotopic (exact) mass is 244 g/mol. The van der Waals surface area contributed by atoms with Gasteiger partial charge in [-0.15, -0.1) is 0 Å². The van der Waals surface area contributed by atoms with Crippen LogP contribution in [0.3, 0.4) is 0 Å². The average molecular weight is 244 g/mol. The number of nitrogens with two attached hydrogens (primary N) is 1. The minimum atomic E-state index is -4.63. The first-order valence-electron chi connectivity index (χ1n) is 4.50. The van der Waals surface area contributed by atoms with Crippen LogP contribution in [-0.2, 0) is 6.18 Å². The van der Waals surface area contributed by atoms with Gasteiger partial charge in [-0.25, -0.2) is 0 Å². The van der Waals surface area contributed by atoms with Gasteiger partial charge >= 0.3 is 6.18 Å². The molecule has 3 N–H and O–H groups in total. The highest BCUT2D eigenvalue weighted by atomic mass is 19.4. The van der Waals surface area contributed by atoms with Crippen LogP contribution in [0.2, 0.25) is 0 Å². The summed E-state index contributed by atoms with van der Waals surface area (Å²) in [5, 5.41) is 9.54. The molecule has 90 valence electrons. The number of benzene rings is 1. The van der Waals surface area contributed by atoms with Gasteiger partial charge in [0.1, 0.15) is 17.7 Å². The molecule has 0 aliphatic rings. The third-order valence-corrected chi connectivity index (χ3v) is 2.14. The van der Waals surface area contributed by atoms with Crippen molar-refractivity contribution in [2.75, 3.05) is 5.73 Å². The molecular formula is C10H7F3N2O2. The summed E-state index contributed by atoms with van der Waals surface area (Å²) in [6, 6.07) is 3.06. The number of oxazole rings is 1. The molecule has 4 nitrogen and oxygen atoms in total. The molecule has 0 atom stereocenters. The Balaban J connectivity index is 2.57. The Morgan fingerprint density at radius 3 is 2.53 bits per heavy atom. The first kappa shape index (κ1) is 11.3. The molecule has 1 heterocycles. The number of aromatic hydroxyl groups is 1. The summed E-state index contributed by atoms with van der Waals surface area (Å²) in [4.78, 5) is 3.65. The highest BCUT2D eigenvalue weighted by Gasteiger charge is 2.35. The van der Waals surface area contributed by atoms with Gasteiger partial charge in [-0.1, -0.05) is 6.07 Å². The van der Waals surface area contributed by atoms with Crippen molar-refractivity contribution in [3.05, 3.63) is 30.0 Å². The molecule has 0 spiro atoms. The summed E-state index contributed by atoms with van der Waals surface area (Å²) < 4.78 is 42.2. The van der Waals surface area contributed by atoms with E-state index in [1.165, 1.54) is 12.1 Å². The molecule has 1 aromatic carbocycles. The lowest BCUT2D eigenvalue weighted by molar-refractivity contribution is -0.138. The normalized spacial score (nSPS) is 11.7. The third-order valence-electron chi connectivity index (χ3n) is 2.14. The van der Waals surface area contributed by atoms with E-state index in [1.807, 2.05) is 0 Å². The first-order chi connectivity index (χ1) is 7.89. The molecule has 0 radical (unpaired) electrons. The molecule has 17 heavy (non-hydrogen) atoms. The molecule has 0 saturated heterocycles. The number of halogens is 3. The van der Waals surface area contributed by atoms with Gasteiger partial charge in [0.25, 0.3) is 6.01 Å². The Morgan fingerprint density at radius 1 is 1.29 bits per heavy atom. The van der Waals surface area contributed by atoms with Crippen LogP contribution >= 0.6 is 0 Å². The summed E-state index contributed by atoms with van der Waals surface area (Å²) >= 11 is 0. The zero-order valence-corrected chi connectivity index (χ0v) is 8.32. The van der Waals surface area contributed by atoms with E-state index >= 15 is 0 Å². The second-order valence-electron chi connectivity index (χ2n) is 3.27. The lowest BCUT2D eigenvalue weighted by atomic mass is 10.1. The van der Waals surface area contributed by atoms with E-state index in [0.29, 0.717) is 0 Å². The molecule has 0 fully saturated rings. The predicted octanol–water partition coefficient (Wildman–Crippen LogP) is 2.65. The molecule has 0 bridgehead atoms. The fourth-order valence-electron chi connectivity index (χ4n) is 1.39. The first-order valence-corrected chi connectivity index (χ1v) is 4.50. The van der Waals surface area contributed by atoms with E-state index in [4.69, 9.17) is 5.73 Å². The van der Waals surface area contributed by atoms with Gasteiger partial charge in [0.15, 0.2) is 0 Å². The Bertz CT molecular complexity index is 549. The molecule has 0 unspecified atom stereocenters. The van der Waals surface area contributed by atoms with Crippen molar-refractivity contribution in [2.24, 2.45) is 0 Å². The van der Waals surface area contributed by atoms with E-state index in [-0.39, 0.29) is 17.3 Å². The summed E-state index contributed by atoms with van der Waals surface area (Å²) in [5.74, 6) is -0.895. The minimum absolute atomic E-state index is 0.0473. The number of hydrogen-bond donors (Lipinski definition) is 2. The minimum Gasteiger partial charge on any atom is -0.507 e. The predicted molar refractivity (Wildman–Crippen MR) is 53.0 cm³/mol. The number of rotatable bonds is 1. The molecular weight excluding hydrogens is 237 g/mol. The Morgan fingerprint density at radius 2 is 2.00 bits per heavy atom. The van der Waals surface area contributed by atoms with Crippen LogP contribution in [0.15, 0.2) is 28.9 Å². The highest BCUT2D eigenvalue weighted by molar-refractivity contribution is 5.69. The van der Waals surface area contributed by atoms with Crippen LogP contribution in [0, 0.1) is 0 Å². The largest absolute Gasteiger partial charge is 0.507 e. The van der Waals surface area contributed by atoms with Crippen LogP contribution in [0.4, 0.5) is 19.2 Å². The van der Waals surface area contributed by atoms with E-state index in [9.17, 15) is 18.3 Å². The number of alkyl halides is 3. The van der Waals surface area contributed by atoms with Gasteiger partial charge in [-0.2, -0.15) is 18.2 Å². The lowest BCUT2D eigenvalue weighted by Gasteiger charge is -2.10. The van der Waals surface area contributed by atoms with Crippen molar-refractivity contribution >= 4 is 6.01 Å². The second-order valence-corrected chi connectivity index (χ2v) is 3.27. The van der Waals surface area contributed by atoms with E-state index in [1.54, 1.807) is 0 Å². The van der Waals surface area contributed by atoms with Crippen molar-refractivity contribution in [1.29, 1.82) is 0 Å².